The monoisotopic (exact) mass is 447 g/mol. The lowest BCUT2D eigenvalue weighted by Gasteiger charge is -2.18. The smallest absolute Gasteiger partial charge is 0.228 e. The molecule has 0 radical (unpaired) electrons. The van der Waals surface area contributed by atoms with Gasteiger partial charge in [0.05, 0.1) is 16.6 Å². The number of anilines is 1. The molecule has 0 bridgehead atoms. The van der Waals surface area contributed by atoms with Gasteiger partial charge in [0.25, 0.3) is 0 Å². The van der Waals surface area contributed by atoms with Gasteiger partial charge in [0.2, 0.25) is 5.91 Å². The van der Waals surface area contributed by atoms with Crippen molar-refractivity contribution in [3.8, 4) is 0 Å². The average molecular weight is 448 g/mol. The quantitative estimate of drug-likeness (QED) is 0.502. The number of hydrogen-bond acceptors (Lipinski definition) is 5. The number of hydrogen-bond donors (Lipinski definition) is 1. The highest BCUT2D eigenvalue weighted by atomic mass is 32.2. The van der Waals surface area contributed by atoms with Gasteiger partial charge in [-0.2, -0.15) is 0 Å². The number of fused-ring (bicyclic) bond motifs is 2. The summed E-state index contributed by atoms with van der Waals surface area (Å²) in [6.45, 7) is 3.23. The fourth-order valence-corrected chi connectivity index (χ4v) is 4.70. The molecule has 4 rings (SSSR count). The third kappa shape index (κ3) is 3.87. The van der Waals surface area contributed by atoms with Gasteiger partial charge in [0, 0.05) is 27.9 Å². The highest BCUT2D eigenvalue weighted by Gasteiger charge is 2.29. The summed E-state index contributed by atoms with van der Waals surface area (Å²) in [4.78, 5) is 38.2. The van der Waals surface area contributed by atoms with Crippen LogP contribution in [0.25, 0.3) is 0 Å². The summed E-state index contributed by atoms with van der Waals surface area (Å²) in [5.41, 5.74) is 2.37. The van der Waals surface area contributed by atoms with Gasteiger partial charge >= 0.3 is 0 Å². The molecule has 1 aliphatic carbocycles. The van der Waals surface area contributed by atoms with Crippen LogP contribution in [0.1, 0.15) is 51.3 Å². The topological polar surface area (TPSA) is 97.4 Å². The fraction of sp³-hybridized carbons (Fsp3) is 0.160. The van der Waals surface area contributed by atoms with Crippen molar-refractivity contribution < 1.29 is 22.8 Å². The maximum absolute atomic E-state index is 12.8. The Hall–Kier alpha value is -3.58. The van der Waals surface area contributed by atoms with Gasteiger partial charge in [-0.1, -0.05) is 36.4 Å². The van der Waals surface area contributed by atoms with Gasteiger partial charge in [0.1, 0.15) is 0 Å². The zero-order valence-corrected chi connectivity index (χ0v) is 18.4. The maximum atomic E-state index is 12.8. The summed E-state index contributed by atoms with van der Waals surface area (Å²) in [5.74, 6) is -0.794. The molecule has 162 valence electrons. The molecule has 1 aliphatic rings. The van der Waals surface area contributed by atoms with Crippen molar-refractivity contribution in [1.29, 1.82) is 0 Å². The second kappa shape index (κ2) is 8.16. The minimum Gasteiger partial charge on any atom is -0.326 e. The lowest BCUT2D eigenvalue weighted by atomic mass is 9.84. The Morgan fingerprint density at radius 1 is 0.812 bits per heavy atom. The van der Waals surface area contributed by atoms with Crippen molar-refractivity contribution in [2.75, 3.05) is 5.32 Å². The number of sulfone groups is 1. The van der Waals surface area contributed by atoms with Gasteiger partial charge in [-0.25, -0.2) is 8.42 Å². The van der Waals surface area contributed by atoms with Gasteiger partial charge in [-0.05, 0) is 49.7 Å². The molecule has 0 unspecified atom stereocenters. The normalized spacial score (nSPS) is 13.0. The van der Waals surface area contributed by atoms with Crippen LogP contribution in [0, 0.1) is 0 Å². The van der Waals surface area contributed by atoms with Crippen molar-refractivity contribution in [2.24, 2.45) is 0 Å². The van der Waals surface area contributed by atoms with Crippen LogP contribution < -0.4 is 5.32 Å². The summed E-state index contributed by atoms with van der Waals surface area (Å²) >= 11 is 0. The third-order valence-electron chi connectivity index (χ3n) is 5.45. The van der Waals surface area contributed by atoms with E-state index in [4.69, 9.17) is 0 Å². The lowest BCUT2D eigenvalue weighted by molar-refractivity contribution is -0.115. The molecule has 0 saturated carbocycles. The standard InChI is InChI=1S/C25H21NO5S/c1-15(2)32(30,31)18-10-7-16(8-11-18)13-23(27)26-17-9-12-21-22(14-17)25(29)20-6-4-3-5-19(20)24(21)28/h3-12,14-15H,13H2,1-2H3,(H,26,27). The molecule has 0 aliphatic heterocycles. The van der Waals surface area contributed by atoms with Crippen LogP contribution in [0.5, 0.6) is 0 Å². The predicted octanol–water partition coefficient (Wildman–Crippen LogP) is 3.83. The van der Waals surface area contributed by atoms with Crippen molar-refractivity contribution in [3.63, 3.8) is 0 Å². The predicted molar refractivity (Wildman–Crippen MR) is 121 cm³/mol. The molecular formula is C25H21NO5S. The molecule has 1 N–H and O–H groups in total. The Kier molecular flexibility index (Phi) is 5.52. The van der Waals surface area contributed by atoms with Crippen LogP contribution in [0.15, 0.2) is 71.6 Å². The largest absolute Gasteiger partial charge is 0.326 e. The van der Waals surface area contributed by atoms with E-state index in [2.05, 4.69) is 5.32 Å². The Labute approximate surface area is 186 Å². The first kappa shape index (κ1) is 21.6. The molecule has 0 aromatic heterocycles. The SMILES string of the molecule is CC(C)S(=O)(=O)c1ccc(CC(=O)Nc2ccc3c(c2)C(=O)c2ccccc2C3=O)cc1. The highest BCUT2D eigenvalue weighted by Crippen LogP contribution is 2.29. The van der Waals surface area contributed by atoms with E-state index in [1.165, 1.54) is 18.2 Å². The molecule has 7 heteroatoms. The van der Waals surface area contributed by atoms with Gasteiger partial charge in [-0.3, -0.25) is 14.4 Å². The summed E-state index contributed by atoms with van der Waals surface area (Å²) in [6, 6.07) is 17.5. The van der Waals surface area contributed by atoms with Crippen molar-refractivity contribution in [2.45, 2.75) is 30.4 Å². The molecule has 0 heterocycles. The highest BCUT2D eigenvalue weighted by molar-refractivity contribution is 7.92. The minimum absolute atomic E-state index is 0.0365. The van der Waals surface area contributed by atoms with Crippen LogP contribution in [0.4, 0.5) is 5.69 Å². The van der Waals surface area contributed by atoms with Crippen molar-refractivity contribution in [3.05, 3.63) is 94.5 Å². The van der Waals surface area contributed by atoms with Crippen LogP contribution in [0.3, 0.4) is 0 Å². The van der Waals surface area contributed by atoms with E-state index in [-0.39, 0.29) is 34.4 Å². The van der Waals surface area contributed by atoms with Gasteiger partial charge < -0.3 is 5.32 Å². The molecule has 1 amide bonds. The van der Waals surface area contributed by atoms with Gasteiger partial charge in [-0.15, -0.1) is 0 Å². The van der Waals surface area contributed by atoms with E-state index in [1.807, 2.05) is 0 Å². The Morgan fingerprint density at radius 2 is 1.38 bits per heavy atom. The van der Waals surface area contributed by atoms with E-state index >= 15 is 0 Å². The second-order valence-corrected chi connectivity index (χ2v) is 10.4. The summed E-state index contributed by atoms with van der Waals surface area (Å²) in [6.07, 6.45) is 0.0365. The molecule has 0 fully saturated rings. The molecular weight excluding hydrogens is 426 g/mol. The lowest BCUT2D eigenvalue weighted by Crippen LogP contribution is -2.21. The number of carbonyl (C=O) groups is 3. The maximum Gasteiger partial charge on any atom is 0.228 e. The number of amides is 1. The van der Waals surface area contributed by atoms with Crippen LogP contribution >= 0.6 is 0 Å². The van der Waals surface area contributed by atoms with Crippen LogP contribution in [-0.4, -0.2) is 31.1 Å². The van der Waals surface area contributed by atoms with Crippen LogP contribution in [0.2, 0.25) is 0 Å². The zero-order valence-electron chi connectivity index (χ0n) is 17.6. The molecule has 3 aromatic carbocycles. The van der Waals surface area contributed by atoms with Crippen molar-refractivity contribution in [1.82, 2.24) is 0 Å². The third-order valence-corrected chi connectivity index (χ3v) is 7.62. The second-order valence-electron chi connectivity index (χ2n) is 7.93. The molecule has 0 spiro atoms. The summed E-state index contributed by atoms with van der Waals surface area (Å²) in [5, 5.41) is 2.22. The van der Waals surface area contributed by atoms with Crippen molar-refractivity contribution >= 4 is 33.0 Å². The number of benzene rings is 3. The Morgan fingerprint density at radius 3 is 1.97 bits per heavy atom. The van der Waals surface area contributed by atoms with E-state index < -0.39 is 15.1 Å². The van der Waals surface area contributed by atoms with E-state index in [0.717, 1.165) is 0 Å². The molecule has 32 heavy (non-hydrogen) atoms. The van der Waals surface area contributed by atoms with Crippen LogP contribution in [-0.2, 0) is 21.1 Å². The molecule has 0 atom stereocenters. The van der Waals surface area contributed by atoms with Gasteiger partial charge in [0.15, 0.2) is 21.4 Å². The first-order valence-corrected chi connectivity index (χ1v) is 11.7. The van der Waals surface area contributed by atoms with E-state index in [9.17, 15) is 22.8 Å². The number of nitrogens with one attached hydrogen (secondary N) is 1. The minimum atomic E-state index is -3.37. The first-order valence-electron chi connectivity index (χ1n) is 10.1. The molecule has 3 aromatic rings. The summed E-state index contributed by atoms with van der Waals surface area (Å²) in [7, 11) is -3.37. The fourth-order valence-electron chi connectivity index (χ4n) is 3.64. The number of carbonyl (C=O) groups excluding carboxylic acids is 3. The van der Waals surface area contributed by atoms with E-state index in [1.54, 1.807) is 62.4 Å². The first-order chi connectivity index (χ1) is 15.2. The zero-order chi connectivity index (χ0) is 23.0. The Balaban J connectivity index is 1.50. The molecule has 6 nitrogen and oxygen atoms in total. The number of ketones is 2. The Bertz CT molecular complexity index is 1360. The summed E-state index contributed by atoms with van der Waals surface area (Å²) < 4.78 is 24.4. The average Bonchev–Trinajstić information content (AvgIpc) is 2.77. The van der Waals surface area contributed by atoms with E-state index in [0.29, 0.717) is 27.9 Å². The number of rotatable bonds is 5. The molecule has 0 saturated heterocycles.